The molecule has 7 nitrogen and oxygen atoms in total. The molecule has 0 fully saturated rings. The quantitative estimate of drug-likeness (QED) is 0.416. The number of benzene rings is 2. The lowest BCUT2D eigenvalue weighted by Gasteiger charge is -2.27. The summed E-state index contributed by atoms with van der Waals surface area (Å²) in [5, 5.41) is 14.0. The van der Waals surface area contributed by atoms with Gasteiger partial charge < -0.3 is 16.2 Å². The first-order chi connectivity index (χ1) is 15.8. The zero-order valence-corrected chi connectivity index (χ0v) is 19.1. The van der Waals surface area contributed by atoms with Crippen LogP contribution in [0.15, 0.2) is 60.8 Å². The molecule has 1 heterocycles. The number of aromatic nitrogens is 2. The number of nitrogens with zero attached hydrogens (tertiary/aromatic N) is 2. The summed E-state index contributed by atoms with van der Waals surface area (Å²) in [7, 11) is 0. The van der Waals surface area contributed by atoms with Gasteiger partial charge in [0.25, 0.3) is 5.91 Å². The van der Waals surface area contributed by atoms with Gasteiger partial charge in [0.15, 0.2) is 0 Å². The third kappa shape index (κ3) is 7.08. The molecule has 0 aliphatic rings. The summed E-state index contributed by atoms with van der Waals surface area (Å²) in [5.41, 5.74) is 8.06. The minimum atomic E-state index is -0.952. The number of amides is 2. The molecule has 3 rings (SSSR count). The fraction of sp³-hybridized carbons (Fsp3) is 0.385. The van der Waals surface area contributed by atoms with E-state index in [1.165, 1.54) is 6.20 Å². The van der Waals surface area contributed by atoms with Gasteiger partial charge in [-0.25, -0.2) is 4.98 Å². The molecule has 33 heavy (non-hydrogen) atoms. The summed E-state index contributed by atoms with van der Waals surface area (Å²) in [6, 6.07) is 16.3. The third-order valence-electron chi connectivity index (χ3n) is 5.78. The highest BCUT2D eigenvalue weighted by molar-refractivity contribution is 5.94. The summed E-state index contributed by atoms with van der Waals surface area (Å²) in [6.45, 7) is 4.16. The lowest BCUT2D eigenvalue weighted by molar-refractivity contribution is -0.123. The Bertz CT molecular complexity index is 1070. The van der Waals surface area contributed by atoms with Gasteiger partial charge in [0.2, 0.25) is 5.91 Å². The van der Waals surface area contributed by atoms with Crippen LogP contribution in [0.1, 0.15) is 49.2 Å². The van der Waals surface area contributed by atoms with Gasteiger partial charge >= 0.3 is 0 Å². The van der Waals surface area contributed by atoms with Gasteiger partial charge in [-0.3, -0.25) is 14.6 Å². The average molecular weight is 449 g/mol. The standard InChI is InChI=1S/C26H32N4O3/c1-17(2)12-13-19(25(27)32)15-24(31)22(14-18-8-4-3-5-9-18)30-26(33)23-16-28-20-10-6-7-11-21(20)29-23/h3-11,16-17,19,22,24,31H,12-15H2,1-2H3,(H2,27,32)(H,30,33)/t19-,22-,24-/m0/s1. The van der Waals surface area contributed by atoms with E-state index in [0.29, 0.717) is 29.8 Å². The Morgan fingerprint density at radius 2 is 1.67 bits per heavy atom. The molecule has 0 spiro atoms. The van der Waals surface area contributed by atoms with Crippen molar-refractivity contribution >= 4 is 22.8 Å². The number of fused-ring (bicyclic) bond motifs is 1. The Morgan fingerprint density at radius 1 is 1.00 bits per heavy atom. The highest BCUT2D eigenvalue weighted by Gasteiger charge is 2.28. The van der Waals surface area contributed by atoms with E-state index in [4.69, 9.17) is 5.73 Å². The van der Waals surface area contributed by atoms with E-state index in [1.807, 2.05) is 48.5 Å². The zero-order valence-electron chi connectivity index (χ0n) is 19.1. The Morgan fingerprint density at radius 3 is 2.33 bits per heavy atom. The summed E-state index contributed by atoms with van der Waals surface area (Å²) >= 11 is 0. The van der Waals surface area contributed by atoms with Crippen LogP contribution in [0.5, 0.6) is 0 Å². The molecule has 3 atom stereocenters. The first-order valence-electron chi connectivity index (χ1n) is 11.4. The number of aliphatic hydroxyl groups is 1. The molecule has 0 radical (unpaired) electrons. The molecular formula is C26H32N4O3. The van der Waals surface area contributed by atoms with Crippen LogP contribution in [0.4, 0.5) is 0 Å². The second kappa shape index (κ2) is 11.5. The van der Waals surface area contributed by atoms with Crippen molar-refractivity contribution < 1.29 is 14.7 Å². The van der Waals surface area contributed by atoms with E-state index in [1.54, 1.807) is 6.07 Å². The molecule has 3 aromatic rings. The first kappa shape index (κ1) is 24.3. The van der Waals surface area contributed by atoms with Crippen molar-refractivity contribution in [2.45, 2.75) is 51.7 Å². The van der Waals surface area contributed by atoms with Gasteiger partial charge in [0.05, 0.1) is 29.4 Å². The normalized spacial score (nSPS) is 14.1. The van der Waals surface area contributed by atoms with Crippen LogP contribution in [0.25, 0.3) is 11.0 Å². The van der Waals surface area contributed by atoms with Crippen LogP contribution in [-0.4, -0.2) is 39.0 Å². The highest BCUT2D eigenvalue weighted by Crippen LogP contribution is 2.20. The van der Waals surface area contributed by atoms with Crippen LogP contribution in [0.2, 0.25) is 0 Å². The van der Waals surface area contributed by atoms with Crippen LogP contribution in [0.3, 0.4) is 0 Å². The number of hydrogen-bond acceptors (Lipinski definition) is 5. The Kier molecular flexibility index (Phi) is 8.49. The Balaban J connectivity index is 1.78. The van der Waals surface area contributed by atoms with E-state index in [9.17, 15) is 14.7 Å². The van der Waals surface area contributed by atoms with Gasteiger partial charge in [-0.1, -0.05) is 62.7 Å². The number of rotatable bonds is 11. The molecule has 0 aliphatic carbocycles. The molecule has 2 aromatic carbocycles. The molecule has 174 valence electrons. The predicted octanol–water partition coefficient (Wildman–Crippen LogP) is 3.26. The lowest BCUT2D eigenvalue weighted by Crippen LogP contribution is -2.46. The number of aliphatic hydroxyl groups excluding tert-OH is 1. The molecule has 0 unspecified atom stereocenters. The van der Waals surface area contributed by atoms with Crippen molar-refractivity contribution in [3.63, 3.8) is 0 Å². The molecule has 1 aromatic heterocycles. The maximum atomic E-state index is 13.0. The van der Waals surface area contributed by atoms with Gasteiger partial charge in [0, 0.05) is 5.92 Å². The summed E-state index contributed by atoms with van der Waals surface area (Å²) < 4.78 is 0. The average Bonchev–Trinajstić information content (AvgIpc) is 2.81. The molecule has 0 aliphatic heterocycles. The van der Waals surface area contributed by atoms with Crippen LogP contribution in [-0.2, 0) is 11.2 Å². The molecule has 4 N–H and O–H groups in total. The number of carbonyl (C=O) groups excluding carboxylic acids is 2. The largest absolute Gasteiger partial charge is 0.391 e. The molecular weight excluding hydrogens is 416 g/mol. The summed E-state index contributed by atoms with van der Waals surface area (Å²) in [5.74, 6) is -0.890. The number of hydrogen-bond donors (Lipinski definition) is 3. The zero-order chi connectivity index (χ0) is 23.8. The number of nitrogens with two attached hydrogens (primary N) is 1. The number of para-hydroxylation sites is 2. The van der Waals surface area contributed by atoms with Crippen molar-refractivity contribution in [2.75, 3.05) is 0 Å². The van der Waals surface area contributed by atoms with Gasteiger partial charge in [-0.05, 0) is 42.9 Å². The Hall–Kier alpha value is -3.32. The van der Waals surface area contributed by atoms with E-state index in [-0.39, 0.29) is 12.1 Å². The molecule has 0 bridgehead atoms. The van der Waals surface area contributed by atoms with Crippen molar-refractivity contribution in [1.29, 1.82) is 0 Å². The predicted molar refractivity (Wildman–Crippen MR) is 128 cm³/mol. The maximum absolute atomic E-state index is 13.0. The van der Waals surface area contributed by atoms with Gasteiger partial charge in [-0.2, -0.15) is 0 Å². The number of primary amides is 1. The monoisotopic (exact) mass is 448 g/mol. The fourth-order valence-electron chi connectivity index (χ4n) is 3.83. The smallest absolute Gasteiger partial charge is 0.271 e. The van der Waals surface area contributed by atoms with Crippen molar-refractivity contribution in [2.24, 2.45) is 17.6 Å². The van der Waals surface area contributed by atoms with E-state index in [2.05, 4.69) is 29.1 Å². The molecule has 7 heteroatoms. The second-order valence-corrected chi connectivity index (χ2v) is 8.89. The molecule has 0 saturated carbocycles. The first-order valence-corrected chi connectivity index (χ1v) is 11.4. The van der Waals surface area contributed by atoms with Crippen molar-refractivity contribution in [1.82, 2.24) is 15.3 Å². The summed E-state index contributed by atoms with van der Waals surface area (Å²) in [4.78, 5) is 33.7. The SMILES string of the molecule is CC(C)CC[C@@H](C[C@H](O)[C@H](Cc1ccccc1)NC(=O)c1cnc2ccccc2n1)C(N)=O. The van der Waals surface area contributed by atoms with E-state index < -0.39 is 29.9 Å². The van der Waals surface area contributed by atoms with Crippen molar-refractivity contribution in [3.8, 4) is 0 Å². The highest BCUT2D eigenvalue weighted by atomic mass is 16.3. The maximum Gasteiger partial charge on any atom is 0.271 e. The molecule has 2 amide bonds. The lowest BCUT2D eigenvalue weighted by atomic mass is 9.88. The van der Waals surface area contributed by atoms with Crippen LogP contribution in [0, 0.1) is 11.8 Å². The van der Waals surface area contributed by atoms with Crippen LogP contribution < -0.4 is 11.1 Å². The minimum absolute atomic E-state index is 0.172. The number of carbonyl (C=O) groups is 2. The topological polar surface area (TPSA) is 118 Å². The summed E-state index contributed by atoms with van der Waals surface area (Å²) in [6.07, 6.45) is 2.51. The van der Waals surface area contributed by atoms with Gasteiger partial charge in [0.1, 0.15) is 5.69 Å². The Labute approximate surface area is 194 Å². The molecule has 0 saturated heterocycles. The van der Waals surface area contributed by atoms with E-state index >= 15 is 0 Å². The minimum Gasteiger partial charge on any atom is -0.391 e. The van der Waals surface area contributed by atoms with E-state index in [0.717, 1.165) is 12.0 Å². The van der Waals surface area contributed by atoms with Crippen LogP contribution >= 0.6 is 0 Å². The van der Waals surface area contributed by atoms with Crippen molar-refractivity contribution in [3.05, 3.63) is 72.1 Å². The second-order valence-electron chi connectivity index (χ2n) is 8.89. The fourth-order valence-corrected chi connectivity index (χ4v) is 3.83. The van der Waals surface area contributed by atoms with Gasteiger partial charge in [-0.15, -0.1) is 0 Å². The number of nitrogens with one attached hydrogen (secondary N) is 1. The third-order valence-corrected chi connectivity index (χ3v) is 5.78.